The Balaban J connectivity index is 2.58. The zero-order chi connectivity index (χ0) is 11.5. The number of halogens is 2. The summed E-state index contributed by atoms with van der Waals surface area (Å²) in [5, 5.41) is 0.485. The number of nitrogens with zero attached hydrogens (tertiary/aromatic N) is 1. The van der Waals surface area contributed by atoms with E-state index in [1.165, 1.54) is 12.3 Å². The predicted octanol–water partition coefficient (Wildman–Crippen LogP) is 3.56. The maximum Gasteiger partial charge on any atom is 0.165 e. The van der Waals surface area contributed by atoms with Gasteiger partial charge in [0.15, 0.2) is 6.17 Å². The van der Waals surface area contributed by atoms with Crippen molar-refractivity contribution < 1.29 is 9.13 Å². The van der Waals surface area contributed by atoms with Crippen molar-refractivity contribution in [1.82, 2.24) is 4.98 Å². The van der Waals surface area contributed by atoms with Gasteiger partial charge < -0.3 is 4.74 Å². The standard InChI is InChI=1S/C11H15ClFNO/c1-11(2,3)15-7-9(13)10-6-8(12)4-5-14-10/h4-6,9H,7H2,1-3H3. The lowest BCUT2D eigenvalue weighted by atomic mass is 10.2. The lowest BCUT2D eigenvalue weighted by Crippen LogP contribution is -2.21. The summed E-state index contributed by atoms with van der Waals surface area (Å²) >= 11 is 5.73. The van der Waals surface area contributed by atoms with Crippen molar-refractivity contribution >= 4 is 11.6 Å². The lowest BCUT2D eigenvalue weighted by Gasteiger charge is -2.20. The van der Waals surface area contributed by atoms with Gasteiger partial charge in [-0.25, -0.2) is 4.39 Å². The van der Waals surface area contributed by atoms with Gasteiger partial charge in [0.2, 0.25) is 0 Å². The quantitative estimate of drug-likeness (QED) is 0.794. The van der Waals surface area contributed by atoms with Gasteiger partial charge in [-0.05, 0) is 32.9 Å². The molecule has 0 spiro atoms. The van der Waals surface area contributed by atoms with E-state index in [1.54, 1.807) is 6.07 Å². The third-order valence-corrected chi connectivity index (χ3v) is 1.96. The Hall–Kier alpha value is -0.670. The van der Waals surface area contributed by atoms with Crippen LogP contribution in [-0.2, 0) is 4.74 Å². The van der Waals surface area contributed by atoms with E-state index in [-0.39, 0.29) is 12.2 Å². The van der Waals surface area contributed by atoms with Crippen LogP contribution in [0.1, 0.15) is 32.6 Å². The van der Waals surface area contributed by atoms with Crippen LogP contribution >= 0.6 is 11.6 Å². The molecule has 0 saturated carbocycles. The highest BCUT2D eigenvalue weighted by Gasteiger charge is 2.17. The molecule has 0 aliphatic heterocycles. The van der Waals surface area contributed by atoms with Crippen LogP contribution in [0.25, 0.3) is 0 Å². The van der Waals surface area contributed by atoms with Crippen LogP contribution in [0, 0.1) is 0 Å². The van der Waals surface area contributed by atoms with Crippen LogP contribution in [0.5, 0.6) is 0 Å². The monoisotopic (exact) mass is 231 g/mol. The maximum absolute atomic E-state index is 13.6. The molecule has 0 bridgehead atoms. The van der Waals surface area contributed by atoms with Gasteiger partial charge in [-0.2, -0.15) is 0 Å². The van der Waals surface area contributed by atoms with Crippen molar-refractivity contribution in [2.24, 2.45) is 0 Å². The lowest BCUT2D eigenvalue weighted by molar-refractivity contribution is -0.0303. The molecule has 1 aromatic rings. The highest BCUT2D eigenvalue weighted by Crippen LogP contribution is 2.20. The molecule has 0 amide bonds. The van der Waals surface area contributed by atoms with E-state index in [9.17, 15) is 4.39 Å². The first-order valence-electron chi connectivity index (χ1n) is 4.78. The van der Waals surface area contributed by atoms with E-state index < -0.39 is 6.17 Å². The second kappa shape index (κ2) is 4.90. The molecule has 0 N–H and O–H groups in total. The normalized spacial score (nSPS) is 13.9. The Morgan fingerprint density at radius 1 is 1.53 bits per heavy atom. The van der Waals surface area contributed by atoms with Crippen LogP contribution in [-0.4, -0.2) is 17.2 Å². The Morgan fingerprint density at radius 2 is 2.20 bits per heavy atom. The molecule has 15 heavy (non-hydrogen) atoms. The molecule has 0 aromatic carbocycles. The summed E-state index contributed by atoms with van der Waals surface area (Å²) in [7, 11) is 0. The molecule has 1 heterocycles. The van der Waals surface area contributed by atoms with Gasteiger partial charge >= 0.3 is 0 Å². The number of alkyl halides is 1. The number of hydrogen-bond acceptors (Lipinski definition) is 2. The average Bonchev–Trinajstić information content (AvgIpc) is 2.13. The molecule has 0 aliphatic rings. The molecule has 0 radical (unpaired) electrons. The van der Waals surface area contributed by atoms with Gasteiger partial charge in [0, 0.05) is 11.2 Å². The van der Waals surface area contributed by atoms with E-state index in [0.717, 1.165) is 0 Å². The van der Waals surface area contributed by atoms with Gasteiger partial charge in [0.1, 0.15) is 0 Å². The predicted molar refractivity (Wildman–Crippen MR) is 58.8 cm³/mol. The molecule has 1 unspecified atom stereocenters. The second-order valence-corrected chi connectivity index (χ2v) is 4.73. The fourth-order valence-electron chi connectivity index (χ4n) is 1.00. The molecule has 0 saturated heterocycles. The molecule has 1 rings (SSSR count). The van der Waals surface area contributed by atoms with Crippen LogP contribution in [0.3, 0.4) is 0 Å². The summed E-state index contributed by atoms with van der Waals surface area (Å²) in [6, 6.07) is 3.13. The Morgan fingerprint density at radius 3 is 2.73 bits per heavy atom. The van der Waals surface area contributed by atoms with Crippen LogP contribution in [0.4, 0.5) is 4.39 Å². The minimum Gasteiger partial charge on any atom is -0.372 e. The Bertz CT molecular complexity index is 325. The van der Waals surface area contributed by atoms with E-state index >= 15 is 0 Å². The molecule has 84 valence electrons. The highest BCUT2D eigenvalue weighted by molar-refractivity contribution is 6.30. The van der Waals surface area contributed by atoms with Gasteiger partial charge in [-0.15, -0.1) is 0 Å². The minimum absolute atomic E-state index is 0.00313. The van der Waals surface area contributed by atoms with E-state index in [4.69, 9.17) is 16.3 Å². The van der Waals surface area contributed by atoms with Gasteiger partial charge in [0.25, 0.3) is 0 Å². The molecular formula is C11H15ClFNO. The zero-order valence-corrected chi connectivity index (χ0v) is 9.88. The van der Waals surface area contributed by atoms with Crippen molar-refractivity contribution in [3.8, 4) is 0 Å². The van der Waals surface area contributed by atoms with Gasteiger partial charge in [-0.3, -0.25) is 4.98 Å². The largest absolute Gasteiger partial charge is 0.372 e. The van der Waals surface area contributed by atoms with Crippen LogP contribution in [0.2, 0.25) is 5.02 Å². The zero-order valence-electron chi connectivity index (χ0n) is 9.13. The molecular weight excluding hydrogens is 217 g/mol. The summed E-state index contributed by atoms with van der Waals surface area (Å²) in [6.45, 7) is 5.64. The first-order valence-corrected chi connectivity index (χ1v) is 5.16. The molecule has 0 aliphatic carbocycles. The first-order chi connectivity index (χ1) is 6.88. The fraction of sp³-hybridized carbons (Fsp3) is 0.545. The topological polar surface area (TPSA) is 22.1 Å². The summed E-state index contributed by atoms with van der Waals surface area (Å²) in [5.41, 5.74) is -0.0325. The Labute approximate surface area is 94.4 Å². The second-order valence-electron chi connectivity index (χ2n) is 4.29. The summed E-state index contributed by atoms with van der Waals surface area (Å²) < 4.78 is 18.9. The minimum atomic E-state index is -1.23. The van der Waals surface area contributed by atoms with Gasteiger partial charge in [0.05, 0.1) is 17.9 Å². The average molecular weight is 232 g/mol. The third kappa shape index (κ3) is 4.58. The maximum atomic E-state index is 13.6. The molecule has 1 aromatic heterocycles. The van der Waals surface area contributed by atoms with Crippen LogP contribution in [0.15, 0.2) is 18.3 Å². The molecule has 4 heteroatoms. The molecule has 1 atom stereocenters. The van der Waals surface area contributed by atoms with Crippen molar-refractivity contribution in [1.29, 1.82) is 0 Å². The van der Waals surface area contributed by atoms with Crippen molar-refractivity contribution in [3.05, 3.63) is 29.0 Å². The number of pyridine rings is 1. The van der Waals surface area contributed by atoms with E-state index in [1.807, 2.05) is 20.8 Å². The number of ether oxygens (including phenoxy) is 1. The van der Waals surface area contributed by atoms with Crippen LogP contribution < -0.4 is 0 Å². The number of aromatic nitrogens is 1. The van der Waals surface area contributed by atoms with E-state index in [2.05, 4.69) is 4.98 Å². The first kappa shape index (κ1) is 12.4. The number of rotatable bonds is 3. The van der Waals surface area contributed by atoms with E-state index in [0.29, 0.717) is 10.7 Å². The summed E-state index contributed by atoms with van der Waals surface area (Å²) in [5.74, 6) is 0. The SMILES string of the molecule is CC(C)(C)OCC(F)c1cc(Cl)ccn1. The van der Waals surface area contributed by atoms with Crippen molar-refractivity contribution in [3.63, 3.8) is 0 Å². The van der Waals surface area contributed by atoms with Crippen molar-refractivity contribution in [2.45, 2.75) is 32.5 Å². The third-order valence-electron chi connectivity index (χ3n) is 1.73. The van der Waals surface area contributed by atoms with Gasteiger partial charge in [-0.1, -0.05) is 11.6 Å². The fourth-order valence-corrected chi connectivity index (χ4v) is 1.17. The highest BCUT2D eigenvalue weighted by atomic mass is 35.5. The molecule has 0 fully saturated rings. The Kier molecular flexibility index (Phi) is 4.05. The smallest absolute Gasteiger partial charge is 0.165 e. The van der Waals surface area contributed by atoms with Crippen molar-refractivity contribution in [2.75, 3.05) is 6.61 Å². The summed E-state index contributed by atoms with van der Waals surface area (Å²) in [6.07, 6.45) is 0.254. The number of hydrogen-bond donors (Lipinski definition) is 0. The molecule has 2 nitrogen and oxygen atoms in total. The summed E-state index contributed by atoms with van der Waals surface area (Å²) in [4.78, 5) is 3.90.